The first-order valence-electron chi connectivity index (χ1n) is 7.05. The van der Waals surface area contributed by atoms with Crippen molar-refractivity contribution in [1.82, 2.24) is 4.98 Å². The van der Waals surface area contributed by atoms with Crippen LogP contribution in [0.15, 0.2) is 6.20 Å². The Morgan fingerprint density at radius 3 is 2.48 bits per heavy atom. The normalized spacial score (nSPS) is 19.0. The predicted octanol–water partition coefficient (Wildman–Crippen LogP) is 2.96. The molecule has 11 heteroatoms. The number of morpholine rings is 1. The van der Waals surface area contributed by atoms with E-state index in [1.54, 1.807) is 0 Å². The van der Waals surface area contributed by atoms with Crippen molar-refractivity contribution in [2.24, 2.45) is 0 Å². The van der Waals surface area contributed by atoms with Gasteiger partial charge in [0.2, 0.25) is 0 Å². The highest BCUT2D eigenvalue weighted by Crippen LogP contribution is 2.36. The number of ether oxygens (including phenoxy) is 2. The summed E-state index contributed by atoms with van der Waals surface area (Å²) in [4.78, 5) is 16.6. The summed E-state index contributed by atoms with van der Waals surface area (Å²) in [5.74, 6) is -1.41. The lowest BCUT2D eigenvalue weighted by Gasteiger charge is -2.35. The minimum absolute atomic E-state index is 0.0611. The Hall–Kier alpha value is -2.04. The standard InChI is InChI=1S/C14H14F6N2O3/c1-7-8(13(15,16)17)5-21-11(10(7)12(23)24-2)22-3-4-25-9(6-22)14(18,19)20/h5,9H,3-4,6H2,1-2H3/t9-/m0/s1. The Kier molecular flexibility index (Phi) is 5.17. The summed E-state index contributed by atoms with van der Waals surface area (Å²) in [5.41, 5.74) is -2.13. The lowest BCUT2D eigenvalue weighted by atomic mass is 10.0. The van der Waals surface area contributed by atoms with Crippen LogP contribution in [0.25, 0.3) is 0 Å². The van der Waals surface area contributed by atoms with E-state index < -0.39 is 47.7 Å². The molecule has 1 aromatic heterocycles. The Balaban J connectivity index is 2.50. The highest BCUT2D eigenvalue weighted by molar-refractivity contribution is 5.96. The van der Waals surface area contributed by atoms with Crippen LogP contribution in [-0.4, -0.2) is 50.0 Å². The Labute approximate surface area is 138 Å². The maximum atomic E-state index is 13.0. The van der Waals surface area contributed by atoms with Crippen LogP contribution in [0, 0.1) is 6.92 Å². The Morgan fingerprint density at radius 2 is 1.96 bits per heavy atom. The summed E-state index contributed by atoms with van der Waals surface area (Å²) >= 11 is 0. The fraction of sp³-hybridized carbons (Fsp3) is 0.571. The van der Waals surface area contributed by atoms with E-state index in [0.29, 0.717) is 6.20 Å². The molecule has 0 N–H and O–H groups in total. The van der Waals surface area contributed by atoms with Gasteiger partial charge in [0.05, 0.1) is 25.8 Å². The number of anilines is 1. The van der Waals surface area contributed by atoms with Crippen LogP contribution < -0.4 is 4.90 Å². The van der Waals surface area contributed by atoms with Gasteiger partial charge in [0.15, 0.2) is 6.10 Å². The fourth-order valence-corrected chi connectivity index (χ4v) is 2.50. The number of aromatic nitrogens is 1. The molecule has 0 bridgehead atoms. The number of alkyl halides is 6. The monoisotopic (exact) mass is 372 g/mol. The van der Waals surface area contributed by atoms with Gasteiger partial charge < -0.3 is 14.4 Å². The number of pyridine rings is 1. The van der Waals surface area contributed by atoms with Gasteiger partial charge in [-0.2, -0.15) is 26.3 Å². The molecule has 0 unspecified atom stereocenters. The predicted molar refractivity (Wildman–Crippen MR) is 73.3 cm³/mol. The molecule has 0 saturated carbocycles. The van der Waals surface area contributed by atoms with Crippen LogP contribution >= 0.6 is 0 Å². The molecule has 0 radical (unpaired) electrons. The van der Waals surface area contributed by atoms with E-state index in [4.69, 9.17) is 0 Å². The van der Waals surface area contributed by atoms with E-state index in [9.17, 15) is 31.1 Å². The van der Waals surface area contributed by atoms with E-state index in [2.05, 4.69) is 14.5 Å². The molecule has 140 valence electrons. The number of nitrogens with zero attached hydrogens (tertiary/aromatic N) is 2. The Morgan fingerprint density at radius 1 is 1.32 bits per heavy atom. The molecule has 5 nitrogen and oxygen atoms in total. The summed E-state index contributed by atoms with van der Waals surface area (Å²) in [5, 5.41) is 0. The largest absolute Gasteiger partial charge is 0.465 e. The van der Waals surface area contributed by atoms with Crippen LogP contribution in [0.3, 0.4) is 0 Å². The van der Waals surface area contributed by atoms with E-state index in [1.165, 1.54) is 0 Å². The molecule has 1 aromatic rings. The summed E-state index contributed by atoms with van der Waals surface area (Å²) in [6.45, 7) is -0.0197. The van der Waals surface area contributed by atoms with Gasteiger partial charge in [0, 0.05) is 12.7 Å². The van der Waals surface area contributed by atoms with Gasteiger partial charge in [0.1, 0.15) is 11.4 Å². The summed E-state index contributed by atoms with van der Waals surface area (Å²) < 4.78 is 86.7. The van der Waals surface area contributed by atoms with Crippen molar-refractivity contribution in [3.05, 3.63) is 22.9 Å². The van der Waals surface area contributed by atoms with Crippen LogP contribution in [0.4, 0.5) is 32.2 Å². The maximum Gasteiger partial charge on any atom is 0.418 e. The zero-order valence-corrected chi connectivity index (χ0v) is 13.2. The van der Waals surface area contributed by atoms with Crippen molar-refractivity contribution >= 4 is 11.8 Å². The molecule has 2 heterocycles. The van der Waals surface area contributed by atoms with Crippen LogP contribution in [0.2, 0.25) is 0 Å². The summed E-state index contributed by atoms with van der Waals surface area (Å²) in [6, 6.07) is 0. The number of carbonyl (C=O) groups excluding carboxylic acids is 1. The Bertz CT molecular complexity index is 659. The van der Waals surface area contributed by atoms with Gasteiger partial charge in [-0.1, -0.05) is 0 Å². The minimum Gasteiger partial charge on any atom is -0.465 e. The maximum absolute atomic E-state index is 13.0. The van der Waals surface area contributed by atoms with Crippen LogP contribution in [-0.2, 0) is 15.7 Å². The average molecular weight is 372 g/mol. The van der Waals surface area contributed by atoms with E-state index in [1.807, 2.05) is 0 Å². The third-order valence-corrected chi connectivity index (χ3v) is 3.74. The number of halogens is 6. The van der Waals surface area contributed by atoms with Gasteiger partial charge in [-0.15, -0.1) is 0 Å². The smallest absolute Gasteiger partial charge is 0.418 e. The highest BCUT2D eigenvalue weighted by Gasteiger charge is 2.44. The molecule has 25 heavy (non-hydrogen) atoms. The molecular weight excluding hydrogens is 358 g/mol. The lowest BCUT2D eigenvalue weighted by Crippen LogP contribution is -2.50. The zero-order chi connectivity index (χ0) is 19.0. The molecule has 0 amide bonds. The zero-order valence-electron chi connectivity index (χ0n) is 13.2. The van der Waals surface area contributed by atoms with Gasteiger partial charge in [0.25, 0.3) is 0 Å². The first-order valence-corrected chi connectivity index (χ1v) is 7.05. The van der Waals surface area contributed by atoms with Crippen LogP contribution in [0.1, 0.15) is 21.5 Å². The molecule has 2 rings (SSSR count). The fourth-order valence-electron chi connectivity index (χ4n) is 2.50. The molecule has 0 spiro atoms. The van der Waals surface area contributed by atoms with Crippen molar-refractivity contribution in [3.8, 4) is 0 Å². The molecular formula is C14H14F6N2O3. The van der Waals surface area contributed by atoms with Gasteiger partial charge in [-0.3, -0.25) is 0 Å². The van der Waals surface area contributed by atoms with Gasteiger partial charge in [-0.25, -0.2) is 9.78 Å². The number of methoxy groups -OCH3 is 1. The SMILES string of the molecule is COC(=O)c1c(N2CCO[C@H](C(F)(F)F)C2)ncc(C(F)(F)F)c1C. The number of carbonyl (C=O) groups is 1. The number of hydrogen-bond acceptors (Lipinski definition) is 5. The van der Waals surface area contributed by atoms with Gasteiger partial charge >= 0.3 is 18.3 Å². The molecule has 1 aliphatic heterocycles. The van der Waals surface area contributed by atoms with Crippen molar-refractivity contribution in [2.75, 3.05) is 31.7 Å². The molecule has 0 aliphatic carbocycles. The van der Waals surface area contributed by atoms with E-state index >= 15 is 0 Å². The number of hydrogen-bond donors (Lipinski definition) is 0. The van der Waals surface area contributed by atoms with Crippen molar-refractivity contribution in [1.29, 1.82) is 0 Å². The quantitative estimate of drug-likeness (QED) is 0.590. The topological polar surface area (TPSA) is 51.7 Å². The molecule has 1 saturated heterocycles. The number of esters is 1. The second-order valence-corrected chi connectivity index (χ2v) is 5.33. The molecule has 1 aliphatic rings. The number of rotatable bonds is 2. The second kappa shape index (κ2) is 6.70. The van der Waals surface area contributed by atoms with E-state index in [-0.39, 0.29) is 19.0 Å². The van der Waals surface area contributed by atoms with Crippen molar-refractivity contribution in [3.63, 3.8) is 0 Å². The molecule has 1 fully saturated rings. The first-order chi connectivity index (χ1) is 11.5. The lowest BCUT2D eigenvalue weighted by molar-refractivity contribution is -0.221. The molecule has 1 atom stereocenters. The molecule has 0 aromatic carbocycles. The average Bonchev–Trinajstić information content (AvgIpc) is 2.52. The van der Waals surface area contributed by atoms with Crippen molar-refractivity contribution < 1.29 is 40.6 Å². The third-order valence-electron chi connectivity index (χ3n) is 3.74. The summed E-state index contributed by atoms with van der Waals surface area (Å²) in [6.07, 6.45) is -11.0. The first kappa shape index (κ1) is 19.3. The second-order valence-electron chi connectivity index (χ2n) is 5.33. The van der Waals surface area contributed by atoms with Gasteiger partial charge in [-0.05, 0) is 12.5 Å². The third kappa shape index (κ3) is 3.97. The van der Waals surface area contributed by atoms with Crippen molar-refractivity contribution in [2.45, 2.75) is 25.4 Å². The highest BCUT2D eigenvalue weighted by atomic mass is 19.4. The summed E-state index contributed by atoms with van der Waals surface area (Å²) in [7, 11) is 0.962. The van der Waals surface area contributed by atoms with Crippen LogP contribution in [0.5, 0.6) is 0 Å². The van der Waals surface area contributed by atoms with E-state index in [0.717, 1.165) is 18.9 Å². The minimum atomic E-state index is -4.77.